The minimum atomic E-state index is -3.20. The van der Waals surface area contributed by atoms with Crippen molar-refractivity contribution in [3.8, 4) is 5.75 Å². The van der Waals surface area contributed by atoms with E-state index in [9.17, 15) is 8.42 Å². The summed E-state index contributed by atoms with van der Waals surface area (Å²) < 4.78 is 35.8. The van der Waals surface area contributed by atoms with Gasteiger partial charge in [-0.1, -0.05) is 12.1 Å². The zero-order chi connectivity index (χ0) is 14.0. The van der Waals surface area contributed by atoms with Crippen molar-refractivity contribution in [1.29, 1.82) is 0 Å². The van der Waals surface area contributed by atoms with Crippen LogP contribution in [0.4, 0.5) is 0 Å². The molecule has 106 valence electrons. The number of morpholine rings is 1. The van der Waals surface area contributed by atoms with E-state index in [0.717, 1.165) is 11.3 Å². The van der Waals surface area contributed by atoms with Crippen molar-refractivity contribution in [3.63, 3.8) is 0 Å². The van der Waals surface area contributed by atoms with Gasteiger partial charge in [-0.2, -0.15) is 4.31 Å². The van der Waals surface area contributed by atoms with E-state index in [4.69, 9.17) is 9.47 Å². The maximum atomic E-state index is 11.7. The van der Waals surface area contributed by atoms with Gasteiger partial charge < -0.3 is 9.47 Å². The lowest BCUT2D eigenvalue weighted by Gasteiger charge is -2.36. The Bertz CT molecular complexity index is 526. The molecule has 2 unspecified atom stereocenters. The van der Waals surface area contributed by atoms with E-state index in [1.165, 1.54) is 10.6 Å². The summed E-state index contributed by atoms with van der Waals surface area (Å²) in [7, 11) is -1.59. The Labute approximate surface area is 114 Å². The summed E-state index contributed by atoms with van der Waals surface area (Å²) in [5.74, 6) is 0.771. The summed E-state index contributed by atoms with van der Waals surface area (Å²) in [4.78, 5) is 0. The summed E-state index contributed by atoms with van der Waals surface area (Å²) in [5.41, 5.74) is 0.960. The fraction of sp³-hybridized carbons (Fsp3) is 0.538. The highest BCUT2D eigenvalue weighted by Crippen LogP contribution is 2.27. The van der Waals surface area contributed by atoms with Gasteiger partial charge in [0.25, 0.3) is 0 Å². The van der Waals surface area contributed by atoms with Gasteiger partial charge in [-0.3, -0.25) is 0 Å². The predicted molar refractivity (Wildman–Crippen MR) is 72.7 cm³/mol. The molecule has 0 spiro atoms. The maximum absolute atomic E-state index is 11.7. The van der Waals surface area contributed by atoms with Gasteiger partial charge in [-0.25, -0.2) is 8.42 Å². The highest BCUT2D eigenvalue weighted by atomic mass is 32.2. The zero-order valence-electron chi connectivity index (χ0n) is 11.4. The monoisotopic (exact) mass is 285 g/mol. The summed E-state index contributed by atoms with van der Waals surface area (Å²) >= 11 is 0. The SMILES string of the molecule is COc1ccc(C2CN(S(C)(=O)=O)C(C)CO2)cc1. The van der Waals surface area contributed by atoms with Crippen LogP contribution >= 0.6 is 0 Å². The van der Waals surface area contributed by atoms with Crippen LogP contribution < -0.4 is 4.74 Å². The summed E-state index contributed by atoms with van der Waals surface area (Å²) in [5, 5.41) is 0. The van der Waals surface area contributed by atoms with Gasteiger partial charge in [0.1, 0.15) is 5.75 Å². The topological polar surface area (TPSA) is 55.8 Å². The largest absolute Gasteiger partial charge is 0.497 e. The van der Waals surface area contributed by atoms with Crippen LogP contribution in [0, 0.1) is 0 Å². The van der Waals surface area contributed by atoms with Crippen molar-refractivity contribution in [2.45, 2.75) is 19.1 Å². The Morgan fingerprint density at radius 3 is 2.47 bits per heavy atom. The van der Waals surface area contributed by atoms with E-state index >= 15 is 0 Å². The molecule has 6 heteroatoms. The van der Waals surface area contributed by atoms with Gasteiger partial charge in [0.15, 0.2) is 0 Å². The molecule has 2 rings (SSSR count). The summed E-state index contributed by atoms with van der Waals surface area (Å²) in [6.45, 7) is 2.61. The lowest BCUT2D eigenvalue weighted by atomic mass is 10.1. The molecule has 1 heterocycles. The average Bonchev–Trinajstić information content (AvgIpc) is 2.38. The number of nitrogens with zero attached hydrogens (tertiary/aromatic N) is 1. The third-order valence-electron chi connectivity index (χ3n) is 3.29. The van der Waals surface area contributed by atoms with Gasteiger partial charge in [0.2, 0.25) is 10.0 Å². The first-order chi connectivity index (χ1) is 8.91. The van der Waals surface area contributed by atoms with Crippen LogP contribution in [-0.2, 0) is 14.8 Å². The minimum absolute atomic E-state index is 0.121. The zero-order valence-corrected chi connectivity index (χ0v) is 12.2. The molecule has 0 aliphatic carbocycles. The van der Waals surface area contributed by atoms with Crippen molar-refractivity contribution in [2.75, 3.05) is 26.5 Å². The quantitative estimate of drug-likeness (QED) is 0.843. The van der Waals surface area contributed by atoms with E-state index in [2.05, 4.69) is 0 Å². The van der Waals surface area contributed by atoms with Crippen LogP contribution in [0.15, 0.2) is 24.3 Å². The fourth-order valence-corrected chi connectivity index (χ4v) is 3.34. The number of benzene rings is 1. The van der Waals surface area contributed by atoms with Crippen LogP contribution in [0.2, 0.25) is 0 Å². The maximum Gasteiger partial charge on any atom is 0.211 e. The Balaban J connectivity index is 2.17. The number of hydrogen-bond donors (Lipinski definition) is 0. The molecule has 0 saturated carbocycles. The highest BCUT2D eigenvalue weighted by Gasteiger charge is 2.32. The second-order valence-electron chi connectivity index (χ2n) is 4.78. The minimum Gasteiger partial charge on any atom is -0.497 e. The van der Waals surface area contributed by atoms with E-state index in [1.54, 1.807) is 7.11 Å². The number of hydrogen-bond acceptors (Lipinski definition) is 4. The van der Waals surface area contributed by atoms with E-state index in [-0.39, 0.29) is 12.1 Å². The van der Waals surface area contributed by atoms with Crippen LogP contribution in [0.25, 0.3) is 0 Å². The smallest absolute Gasteiger partial charge is 0.211 e. The number of rotatable bonds is 3. The summed E-state index contributed by atoms with van der Waals surface area (Å²) in [6.07, 6.45) is 1.01. The van der Waals surface area contributed by atoms with Crippen LogP contribution in [-0.4, -0.2) is 45.3 Å². The highest BCUT2D eigenvalue weighted by molar-refractivity contribution is 7.88. The number of sulfonamides is 1. The van der Waals surface area contributed by atoms with Crippen molar-refractivity contribution in [3.05, 3.63) is 29.8 Å². The van der Waals surface area contributed by atoms with Crippen molar-refractivity contribution in [2.24, 2.45) is 0 Å². The lowest BCUT2D eigenvalue weighted by Crippen LogP contribution is -2.47. The van der Waals surface area contributed by atoms with Gasteiger partial charge in [-0.05, 0) is 24.6 Å². The van der Waals surface area contributed by atoms with Crippen LogP contribution in [0.3, 0.4) is 0 Å². The van der Waals surface area contributed by atoms with Gasteiger partial charge in [-0.15, -0.1) is 0 Å². The average molecular weight is 285 g/mol. The molecule has 0 N–H and O–H groups in total. The number of methoxy groups -OCH3 is 1. The van der Waals surface area contributed by atoms with Gasteiger partial charge in [0.05, 0.1) is 26.1 Å². The van der Waals surface area contributed by atoms with E-state index in [0.29, 0.717) is 13.2 Å². The van der Waals surface area contributed by atoms with E-state index < -0.39 is 10.0 Å². The molecule has 1 aromatic carbocycles. The molecule has 1 saturated heterocycles. The molecule has 1 aliphatic heterocycles. The Hall–Kier alpha value is -1.11. The molecule has 1 aliphatic rings. The van der Waals surface area contributed by atoms with Gasteiger partial charge in [0, 0.05) is 12.6 Å². The Morgan fingerprint density at radius 1 is 1.32 bits per heavy atom. The number of ether oxygens (including phenoxy) is 2. The standard InChI is InChI=1S/C13H19NO4S/c1-10-9-18-13(8-14(10)19(3,15)16)11-4-6-12(17-2)7-5-11/h4-7,10,13H,8-9H2,1-3H3. The molecular weight excluding hydrogens is 266 g/mol. The van der Waals surface area contributed by atoms with Gasteiger partial charge >= 0.3 is 0 Å². The fourth-order valence-electron chi connectivity index (χ4n) is 2.22. The lowest BCUT2D eigenvalue weighted by molar-refractivity contribution is -0.0286. The molecule has 2 atom stereocenters. The molecular formula is C13H19NO4S. The first-order valence-electron chi connectivity index (χ1n) is 6.14. The van der Waals surface area contributed by atoms with Crippen molar-refractivity contribution in [1.82, 2.24) is 4.31 Å². The van der Waals surface area contributed by atoms with Crippen molar-refractivity contribution >= 4 is 10.0 Å². The molecule has 5 nitrogen and oxygen atoms in total. The third-order valence-corrected chi connectivity index (χ3v) is 4.65. The van der Waals surface area contributed by atoms with Crippen LogP contribution in [0.1, 0.15) is 18.6 Å². The molecule has 0 radical (unpaired) electrons. The first kappa shape index (κ1) is 14.3. The molecule has 0 bridgehead atoms. The molecule has 0 amide bonds. The van der Waals surface area contributed by atoms with Crippen molar-refractivity contribution < 1.29 is 17.9 Å². The molecule has 0 aromatic heterocycles. The molecule has 1 aromatic rings. The third kappa shape index (κ3) is 3.26. The van der Waals surface area contributed by atoms with E-state index in [1.807, 2.05) is 31.2 Å². The predicted octanol–water partition coefficient (Wildman–Crippen LogP) is 1.42. The molecule has 1 fully saturated rings. The Morgan fingerprint density at radius 2 is 1.95 bits per heavy atom. The van der Waals surface area contributed by atoms with Crippen LogP contribution in [0.5, 0.6) is 5.75 Å². The summed E-state index contributed by atoms with van der Waals surface area (Å²) in [6, 6.07) is 7.38. The Kier molecular flexibility index (Phi) is 4.13. The normalized spacial score (nSPS) is 25.2. The first-order valence-corrected chi connectivity index (χ1v) is 7.99. The second-order valence-corrected chi connectivity index (χ2v) is 6.71. The second kappa shape index (κ2) is 5.48. The molecule has 19 heavy (non-hydrogen) atoms.